The van der Waals surface area contributed by atoms with E-state index in [0.717, 1.165) is 0 Å². The monoisotopic (exact) mass is 160 g/mol. The third-order valence-electron chi connectivity index (χ3n) is 1.15. The van der Waals surface area contributed by atoms with Crippen LogP contribution in [0, 0.1) is 0 Å². The van der Waals surface area contributed by atoms with E-state index in [1.165, 1.54) is 20.4 Å². The molecule has 1 amide bonds. The number of aliphatic hydroxyl groups excluding tert-OH is 1. The van der Waals surface area contributed by atoms with Gasteiger partial charge in [-0.15, -0.1) is 0 Å². The number of hydrogen-bond acceptors (Lipinski definition) is 4. The molecule has 0 spiro atoms. The minimum Gasteiger partial charge on any atom is -0.467 e. The molecule has 0 aromatic carbocycles. The quantitative estimate of drug-likeness (QED) is 0.390. The van der Waals surface area contributed by atoms with Gasteiger partial charge in [-0.2, -0.15) is 0 Å². The molecule has 0 aliphatic rings. The van der Waals surface area contributed by atoms with Gasteiger partial charge < -0.3 is 15.2 Å². The summed E-state index contributed by atoms with van der Waals surface area (Å²) in [5.41, 5.74) is 0. The standard InChI is InChI=1S/C6H10NO4/c1-4(9)5(7-3-8)6(10)11-2/h4-5,9H,1-2H3,(H,7,8). The molecule has 5 heteroatoms. The summed E-state index contributed by atoms with van der Waals surface area (Å²) in [5.74, 6) is -0.691. The van der Waals surface area contributed by atoms with Crippen molar-refractivity contribution >= 4 is 12.4 Å². The molecule has 0 aliphatic carbocycles. The van der Waals surface area contributed by atoms with Crippen LogP contribution in [-0.4, -0.2) is 36.7 Å². The first kappa shape index (κ1) is 9.90. The first-order valence-corrected chi connectivity index (χ1v) is 3.02. The van der Waals surface area contributed by atoms with Crippen molar-refractivity contribution in [3.8, 4) is 0 Å². The molecule has 2 N–H and O–H groups in total. The molecule has 0 saturated carbocycles. The first-order chi connectivity index (χ1) is 5.13. The molecule has 0 aromatic heterocycles. The Kier molecular flexibility index (Phi) is 4.21. The van der Waals surface area contributed by atoms with E-state index in [-0.39, 0.29) is 0 Å². The number of esters is 1. The lowest BCUT2D eigenvalue weighted by Crippen LogP contribution is -2.44. The van der Waals surface area contributed by atoms with Crippen molar-refractivity contribution in [2.45, 2.75) is 19.1 Å². The molecule has 0 rings (SSSR count). The fraction of sp³-hybridized carbons (Fsp3) is 0.667. The topological polar surface area (TPSA) is 75.6 Å². The lowest BCUT2D eigenvalue weighted by molar-refractivity contribution is -0.145. The fourth-order valence-electron chi connectivity index (χ4n) is 0.567. The van der Waals surface area contributed by atoms with Gasteiger partial charge in [-0.05, 0) is 6.92 Å². The maximum absolute atomic E-state index is 10.7. The minimum atomic E-state index is -1.03. The number of hydrogen-bond donors (Lipinski definition) is 2. The van der Waals surface area contributed by atoms with Crippen LogP contribution < -0.4 is 5.32 Å². The smallest absolute Gasteiger partial charge is 0.331 e. The average molecular weight is 160 g/mol. The van der Waals surface area contributed by atoms with Gasteiger partial charge in [-0.3, -0.25) is 4.79 Å². The molecule has 0 fully saturated rings. The number of amides is 1. The number of aliphatic hydroxyl groups is 1. The second kappa shape index (κ2) is 4.68. The second-order valence-electron chi connectivity index (χ2n) is 1.99. The van der Waals surface area contributed by atoms with E-state index in [4.69, 9.17) is 5.11 Å². The number of nitrogens with one attached hydrogen (secondary N) is 1. The van der Waals surface area contributed by atoms with E-state index < -0.39 is 18.1 Å². The zero-order valence-electron chi connectivity index (χ0n) is 6.33. The molecule has 0 heterocycles. The largest absolute Gasteiger partial charge is 0.467 e. The Morgan fingerprint density at radius 1 is 1.73 bits per heavy atom. The summed E-state index contributed by atoms with van der Waals surface area (Å²) in [6.45, 7) is 1.37. The molecule has 0 aromatic rings. The van der Waals surface area contributed by atoms with Crippen LogP contribution in [0.1, 0.15) is 6.92 Å². The Labute approximate surface area is 64.3 Å². The number of carbonyl (C=O) groups excluding carboxylic acids is 2. The molecule has 2 atom stereocenters. The lowest BCUT2D eigenvalue weighted by atomic mass is 10.2. The van der Waals surface area contributed by atoms with Crippen LogP contribution in [0.3, 0.4) is 0 Å². The summed E-state index contributed by atoms with van der Waals surface area (Å²) in [6, 6.07) is -1.03. The molecule has 0 saturated heterocycles. The van der Waals surface area contributed by atoms with Crippen LogP contribution in [0.15, 0.2) is 0 Å². The number of ether oxygens (including phenoxy) is 1. The van der Waals surface area contributed by atoms with Crippen molar-refractivity contribution in [1.29, 1.82) is 0 Å². The summed E-state index contributed by atoms with van der Waals surface area (Å²) < 4.78 is 4.29. The van der Waals surface area contributed by atoms with Crippen LogP contribution in [-0.2, 0) is 14.3 Å². The van der Waals surface area contributed by atoms with Gasteiger partial charge in [0.2, 0.25) is 0 Å². The van der Waals surface area contributed by atoms with Crippen molar-refractivity contribution in [1.82, 2.24) is 5.32 Å². The Morgan fingerprint density at radius 3 is 2.55 bits per heavy atom. The summed E-state index contributed by atoms with van der Waals surface area (Å²) >= 11 is 0. The maximum atomic E-state index is 10.7. The molecule has 1 radical (unpaired) electrons. The highest BCUT2D eigenvalue weighted by atomic mass is 16.5. The third-order valence-corrected chi connectivity index (χ3v) is 1.15. The average Bonchev–Trinajstić information content (AvgIpc) is 1.98. The van der Waals surface area contributed by atoms with Gasteiger partial charge in [0.15, 0.2) is 6.04 Å². The van der Waals surface area contributed by atoms with Crippen molar-refractivity contribution in [3.63, 3.8) is 0 Å². The van der Waals surface area contributed by atoms with Gasteiger partial charge in [0.1, 0.15) is 0 Å². The highest BCUT2D eigenvalue weighted by Crippen LogP contribution is 1.93. The van der Waals surface area contributed by atoms with E-state index in [0.29, 0.717) is 0 Å². The second-order valence-corrected chi connectivity index (χ2v) is 1.99. The lowest BCUT2D eigenvalue weighted by Gasteiger charge is -2.14. The minimum absolute atomic E-state index is 0.691. The summed E-state index contributed by atoms with van der Waals surface area (Å²) in [5, 5.41) is 10.9. The molecule has 5 nitrogen and oxygen atoms in total. The van der Waals surface area contributed by atoms with E-state index in [1.807, 2.05) is 5.32 Å². The summed E-state index contributed by atoms with van der Waals surface area (Å²) in [6.07, 6.45) is 0.321. The van der Waals surface area contributed by atoms with Crippen molar-refractivity contribution < 1.29 is 19.4 Å². The van der Waals surface area contributed by atoms with Gasteiger partial charge in [0.25, 0.3) is 0 Å². The molecule has 11 heavy (non-hydrogen) atoms. The van der Waals surface area contributed by atoms with E-state index >= 15 is 0 Å². The van der Waals surface area contributed by atoms with Crippen LogP contribution in [0.25, 0.3) is 0 Å². The Hall–Kier alpha value is -1.10. The number of carbonyl (C=O) groups is 1. The van der Waals surface area contributed by atoms with Gasteiger partial charge in [0, 0.05) is 0 Å². The third kappa shape index (κ3) is 2.99. The highest BCUT2D eigenvalue weighted by molar-refractivity contribution is 5.78. The fourth-order valence-corrected chi connectivity index (χ4v) is 0.567. The summed E-state index contributed by atoms with van der Waals surface area (Å²) in [7, 11) is 1.17. The van der Waals surface area contributed by atoms with Crippen molar-refractivity contribution in [3.05, 3.63) is 0 Å². The predicted octanol–water partition coefficient (Wildman–Crippen LogP) is -1.43. The highest BCUT2D eigenvalue weighted by Gasteiger charge is 2.23. The maximum Gasteiger partial charge on any atom is 0.331 e. The SMILES string of the molecule is COC(=O)C(N[C]=O)C(C)O. The summed E-state index contributed by atoms with van der Waals surface area (Å²) in [4.78, 5) is 20.5. The molecular weight excluding hydrogens is 150 g/mol. The van der Waals surface area contributed by atoms with Gasteiger partial charge in [-0.1, -0.05) is 0 Å². The Morgan fingerprint density at radius 2 is 2.27 bits per heavy atom. The van der Waals surface area contributed by atoms with E-state index in [1.54, 1.807) is 0 Å². The van der Waals surface area contributed by atoms with Crippen LogP contribution in [0.4, 0.5) is 0 Å². The van der Waals surface area contributed by atoms with Gasteiger partial charge in [0.05, 0.1) is 13.2 Å². The van der Waals surface area contributed by atoms with E-state index in [2.05, 4.69) is 4.74 Å². The Balaban J connectivity index is 4.08. The zero-order valence-corrected chi connectivity index (χ0v) is 6.33. The number of methoxy groups -OCH3 is 1. The normalized spacial score (nSPS) is 14.8. The molecular formula is C6H10NO4. The van der Waals surface area contributed by atoms with Crippen molar-refractivity contribution in [2.75, 3.05) is 7.11 Å². The first-order valence-electron chi connectivity index (χ1n) is 3.02. The van der Waals surface area contributed by atoms with Gasteiger partial charge >= 0.3 is 12.4 Å². The zero-order chi connectivity index (χ0) is 8.85. The molecule has 0 aliphatic heterocycles. The van der Waals surface area contributed by atoms with Crippen molar-refractivity contribution in [2.24, 2.45) is 0 Å². The predicted molar refractivity (Wildman–Crippen MR) is 36.3 cm³/mol. The van der Waals surface area contributed by atoms with Crippen LogP contribution >= 0.6 is 0 Å². The Bertz CT molecular complexity index is 146. The van der Waals surface area contributed by atoms with Crippen LogP contribution in [0.2, 0.25) is 0 Å². The molecule has 63 valence electrons. The van der Waals surface area contributed by atoms with E-state index in [9.17, 15) is 9.59 Å². The number of rotatable bonds is 4. The molecule has 0 bridgehead atoms. The van der Waals surface area contributed by atoms with Gasteiger partial charge in [-0.25, -0.2) is 4.79 Å². The van der Waals surface area contributed by atoms with Crippen LogP contribution in [0.5, 0.6) is 0 Å². The molecule has 2 unspecified atom stereocenters.